The number of rotatable bonds is 6. The van der Waals surface area contributed by atoms with Gasteiger partial charge in [-0.1, -0.05) is 18.9 Å². The lowest BCUT2D eigenvalue weighted by molar-refractivity contribution is 0.489. The summed E-state index contributed by atoms with van der Waals surface area (Å²) in [5, 5.41) is 12.3. The molecule has 0 bridgehead atoms. The van der Waals surface area contributed by atoms with Crippen LogP contribution in [0.1, 0.15) is 31.2 Å². The van der Waals surface area contributed by atoms with Crippen LogP contribution in [0.4, 0.5) is 0 Å². The summed E-state index contributed by atoms with van der Waals surface area (Å²) < 4.78 is 0. The Morgan fingerprint density at radius 3 is 2.84 bits per heavy atom. The van der Waals surface area contributed by atoms with Crippen LogP contribution in [0.5, 0.6) is 0 Å². The number of nitrogens with one attached hydrogen (secondary N) is 3. The molecule has 5 aromatic rings. The number of nitrogens with zero attached hydrogens (tertiary/aromatic N) is 4. The van der Waals surface area contributed by atoms with Crippen molar-refractivity contribution in [3.05, 3.63) is 60.6 Å². The summed E-state index contributed by atoms with van der Waals surface area (Å²) >= 11 is 0. The van der Waals surface area contributed by atoms with Crippen LogP contribution in [0.15, 0.2) is 55.0 Å². The summed E-state index contributed by atoms with van der Waals surface area (Å²) in [7, 11) is 0. The zero-order valence-electron chi connectivity index (χ0n) is 17.8. The van der Waals surface area contributed by atoms with E-state index in [-0.39, 0.29) is 0 Å². The highest BCUT2D eigenvalue weighted by Crippen LogP contribution is 2.30. The Morgan fingerprint density at radius 2 is 1.94 bits per heavy atom. The molecule has 1 saturated carbocycles. The van der Waals surface area contributed by atoms with Crippen LogP contribution in [0.2, 0.25) is 0 Å². The van der Waals surface area contributed by atoms with Crippen molar-refractivity contribution in [1.82, 2.24) is 35.5 Å². The first-order valence-electron chi connectivity index (χ1n) is 11.3. The maximum Gasteiger partial charge on any atom is 0.178 e. The van der Waals surface area contributed by atoms with Crippen molar-refractivity contribution in [3.63, 3.8) is 0 Å². The van der Waals surface area contributed by atoms with Crippen molar-refractivity contribution in [2.75, 3.05) is 6.54 Å². The molecule has 1 aliphatic carbocycles. The van der Waals surface area contributed by atoms with Gasteiger partial charge in [0.1, 0.15) is 5.69 Å². The Balaban J connectivity index is 1.28. The molecule has 7 heteroatoms. The van der Waals surface area contributed by atoms with Crippen molar-refractivity contribution in [2.24, 2.45) is 5.92 Å². The number of hydrogen-bond acceptors (Lipinski definition) is 5. The molecule has 32 heavy (non-hydrogen) atoms. The number of H-pyrrole nitrogens is 2. The first-order valence-corrected chi connectivity index (χ1v) is 11.3. The van der Waals surface area contributed by atoms with Crippen molar-refractivity contribution >= 4 is 22.1 Å². The fraction of sp³-hybridized carbons (Fsp3) is 0.280. The molecule has 3 N–H and O–H groups in total. The second-order valence-electron chi connectivity index (χ2n) is 8.66. The summed E-state index contributed by atoms with van der Waals surface area (Å²) in [6.45, 7) is 1.95. The van der Waals surface area contributed by atoms with Gasteiger partial charge in [-0.15, -0.1) is 0 Å². The number of hydrogen-bond donors (Lipinski definition) is 3. The lowest BCUT2D eigenvalue weighted by Gasteiger charge is -2.11. The number of pyridine rings is 2. The van der Waals surface area contributed by atoms with Crippen LogP contribution in [-0.2, 0) is 6.54 Å². The van der Waals surface area contributed by atoms with Gasteiger partial charge < -0.3 is 10.3 Å². The largest absolute Gasteiger partial charge is 0.335 e. The highest BCUT2D eigenvalue weighted by Gasteiger charge is 2.15. The molecule has 6 rings (SSSR count). The Morgan fingerprint density at radius 1 is 1.00 bits per heavy atom. The van der Waals surface area contributed by atoms with Gasteiger partial charge in [0.15, 0.2) is 11.5 Å². The first kappa shape index (κ1) is 19.1. The molecule has 160 valence electrons. The Kier molecular flexibility index (Phi) is 4.88. The maximum atomic E-state index is 4.62. The van der Waals surface area contributed by atoms with Crippen LogP contribution in [-0.4, -0.2) is 36.7 Å². The van der Waals surface area contributed by atoms with E-state index in [1.165, 1.54) is 31.2 Å². The third-order valence-corrected chi connectivity index (χ3v) is 6.41. The molecule has 4 heterocycles. The minimum Gasteiger partial charge on any atom is -0.335 e. The van der Waals surface area contributed by atoms with Crippen LogP contribution >= 0.6 is 0 Å². The van der Waals surface area contributed by atoms with E-state index >= 15 is 0 Å². The summed E-state index contributed by atoms with van der Waals surface area (Å²) in [6.07, 6.45) is 11.1. The van der Waals surface area contributed by atoms with E-state index in [0.29, 0.717) is 11.5 Å². The second kappa shape index (κ2) is 8.16. The average Bonchev–Trinajstić information content (AvgIpc) is 3.58. The van der Waals surface area contributed by atoms with E-state index in [4.69, 9.17) is 0 Å². The lowest BCUT2D eigenvalue weighted by Crippen LogP contribution is -2.20. The van der Waals surface area contributed by atoms with E-state index in [1.54, 1.807) is 6.20 Å². The molecule has 0 unspecified atom stereocenters. The molecule has 7 nitrogen and oxygen atoms in total. The summed E-state index contributed by atoms with van der Waals surface area (Å²) in [5.41, 5.74) is 6.77. The van der Waals surface area contributed by atoms with Gasteiger partial charge in [0, 0.05) is 36.1 Å². The molecule has 0 aliphatic heterocycles. The molecule has 0 atom stereocenters. The van der Waals surface area contributed by atoms with Crippen LogP contribution in [0.25, 0.3) is 44.7 Å². The fourth-order valence-corrected chi connectivity index (χ4v) is 4.71. The highest BCUT2D eigenvalue weighted by molar-refractivity contribution is 5.95. The summed E-state index contributed by atoms with van der Waals surface area (Å²) in [5.74, 6) is 1.55. The monoisotopic (exact) mass is 423 g/mol. The Labute approximate surface area is 185 Å². The number of aromatic amines is 2. The predicted octanol–water partition coefficient (Wildman–Crippen LogP) is 4.84. The van der Waals surface area contributed by atoms with Gasteiger partial charge >= 0.3 is 0 Å². The summed E-state index contributed by atoms with van der Waals surface area (Å²) in [4.78, 5) is 16.8. The SMILES string of the molecule is c1cnc2nc(-c3n[nH]c4ccc(-c5cncc(CNCC6CCCC6)c5)cc34)[nH]c2c1. The van der Waals surface area contributed by atoms with E-state index in [1.807, 2.05) is 24.5 Å². The van der Waals surface area contributed by atoms with Crippen LogP contribution in [0.3, 0.4) is 0 Å². The van der Waals surface area contributed by atoms with Gasteiger partial charge in [0.2, 0.25) is 0 Å². The van der Waals surface area contributed by atoms with Crippen molar-refractivity contribution in [1.29, 1.82) is 0 Å². The van der Waals surface area contributed by atoms with Crippen molar-refractivity contribution in [2.45, 2.75) is 32.2 Å². The van der Waals surface area contributed by atoms with E-state index < -0.39 is 0 Å². The van der Waals surface area contributed by atoms with Gasteiger partial charge in [0.05, 0.1) is 11.0 Å². The molecule has 0 saturated heterocycles. The predicted molar refractivity (Wildman–Crippen MR) is 126 cm³/mol. The average molecular weight is 424 g/mol. The standard InChI is InChI=1S/C25H25N7/c1-2-5-16(4-1)12-26-13-17-10-19(15-27-14-17)18-7-8-21-20(11-18)23(32-31-21)25-29-22-6-3-9-28-24(22)30-25/h3,6-11,14-16,26H,1-2,4-5,12-13H2,(H,31,32)(H,28,29,30). The number of aromatic nitrogens is 6. The van der Waals surface area contributed by atoms with Crippen LogP contribution < -0.4 is 5.32 Å². The molecule has 0 radical (unpaired) electrons. The van der Waals surface area contributed by atoms with Gasteiger partial charge in [0.25, 0.3) is 0 Å². The second-order valence-corrected chi connectivity index (χ2v) is 8.66. The molecule has 1 aliphatic rings. The van der Waals surface area contributed by atoms with Gasteiger partial charge in [-0.25, -0.2) is 9.97 Å². The number of benzene rings is 1. The number of fused-ring (bicyclic) bond motifs is 2. The zero-order chi connectivity index (χ0) is 21.3. The molecule has 1 aromatic carbocycles. The quantitative estimate of drug-likeness (QED) is 0.363. The first-order chi connectivity index (χ1) is 15.8. The van der Waals surface area contributed by atoms with Crippen molar-refractivity contribution < 1.29 is 0 Å². The van der Waals surface area contributed by atoms with Gasteiger partial charge in [-0.05, 0) is 66.8 Å². The minimum absolute atomic E-state index is 0.691. The van der Waals surface area contributed by atoms with E-state index in [2.05, 4.69) is 59.7 Å². The smallest absolute Gasteiger partial charge is 0.178 e. The van der Waals surface area contributed by atoms with Gasteiger partial charge in [-0.3, -0.25) is 10.1 Å². The zero-order valence-corrected chi connectivity index (χ0v) is 17.8. The normalized spacial score (nSPS) is 14.6. The molecular weight excluding hydrogens is 398 g/mol. The molecule has 0 amide bonds. The van der Waals surface area contributed by atoms with E-state index in [0.717, 1.165) is 52.2 Å². The maximum absolute atomic E-state index is 4.62. The Bertz CT molecular complexity index is 1340. The van der Waals surface area contributed by atoms with Crippen LogP contribution in [0, 0.1) is 5.92 Å². The summed E-state index contributed by atoms with van der Waals surface area (Å²) in [6, 6.07) is 12.4. The third kappa shape index (κ3) is 3.65. The highest BCUT2D eigenvalue weighted by atomic mass is 15.1. The van der Waals surface area contributed by atoms with E-state index in [9.17, 15) is 0 Å². The fourth-order valence-electron chi connectivity index (χ4n) is 4.71. The molecule has 0 spiro atoms. The molecule has 1 fully saturated rings. The topological polar surface area (TPSA) is 95.2 Å². The lowest BCUT2D eigenvalue weighted by atomic mass is 10.0. The minimum atomic E-state index is 0.691. The van der Waals surface area contributed by atoms with Gasteiger partial charge in [-0.2, -0.15) is 5.10 Å². The Hall–Kier alpha value is -3.58. The molecular formula is C25H25N7. The number of imidazole rings is 1. The third-order valence-electron chi connectivity index (χ3n) is 6.41. The van der Waals surface area contributed by atoms with Crippen molar-refractivity contribution in [3.8, 4) is 22.6 Å². The molecule has 4 aromatic heterocycles.